The first-order valence-corrected chi connectivity index (χ1v) is 8.75. The van der Waals surface area contributed by atoms with Gasteiger partial charge in [-0.05, 0) is 42.8 Å². The first-order chi connectivity index (χ1) is 13.5. The second-order valence-electron chi connectivity index (χ2n) is 6.31. The highest BCUT2D eigenvalue weighted by Crippen LogP contribution is 2.35. The van der Waals surface area contributed by atoms with E-state index in [-0.39, 0.29) is 36.7 Å². The summed E-state index contributed by atoms with van der Waals surface area (Å²) in [5.41, 5.74) is 1.24. The van der Waals surface area contributed by atoms with Crippen LogP contribution in [0.2, 0.25) is 0 Å². The van der Waals surface area contributed by atoms with Crippen LogP contribution in [0.4, 0.5) is 0 Å². The molecule has 1 aliphatic rings. The number of nitrogens with one attached hydrogen (secondary N) is 1. The molecule has 0 bridgehead atoms. The van der Waals surface area contributed by atoms with Crippen LogP contribution in [0.5, 0.6) is 17.2 Å². The molecule has 0 saturated carbocycles. The first kappa shape index (κ1) is 19.4. The van der Waals surface area contributed by atoms with E-state index >= 15 is 0 Å². The number of benzene rings is 2. The number of ether oxygens (including phenoxy) is 3. The molecule has 0 saturated heterocycles. The number of aliphatic hydroxyl groups is 1. The second kappa shape index (κ2) is 8.58. The quantitative estimate of drug-likeness (QED) is 0.712. The molecule has 7 heteroatoms. The zero-order valence-corrected chi connectivity index (χ0v) is 15.6. The maximum atomic E-state index is 12.5. The summed E-state index contributed by atoms with van der Waals surface area (Å²) in [6, 6.07) is 11.7. The minimum absolute atomic E-state index is 0.149. The Bertz CT molecular complexity index is 904. The van der Waals surface area contributed by atoms with Crippen LogP contribution in [0.25, 0.3) is 6.08 Å². The van der Waals surface area contributed by atoms with Crippen LogP contribution in [0.1, 0.15) is 22.8 Å². The van der Waals surface area contributed by atoms with E-state index in [0.29, 0.717) is 17.1 Å². The number of ketones is 1. The molecule has 2 aromatic carbocycles. The van der Waals surface area contributed by atoms with Gasteiger partial charge in [0.05, 0.1) is 19.3 Å². The van der Waals surface area contributed by atoms with Crippen molar-refractivity contribution in [1.82, 2.24) is 5.32 Å². The lowest BCUT2D eigenvalue weighted by Gasteiger charge is -2.11. The van der Waals surface area contributed by atoms with Crippen LogP contribution in [0, 0.1) is 0 Å². The van der Waals surface area contributed by atoms with Gasteiger partial charge in [0, 0.05) is 12.1 Å². The Balaban J connectivity index is 1.68. The maximum absolute atomic E-state index is 12.5. The molecule has 0 unspecified atom stereocenters. The highest BCUT2D eigenvalue weighted by molar-refractivity contribution is 6.14. The Morgan fingerprint density at radius 3 is 2.61 bits per heavy atom. The third-order valence-corrected chi connectivity index (χ3v) is 4.11. The summed E-state index contributed by atoms with van der Waals surface area (Å²) in [6.45, 7) is 1.33. The summed E-state index contributed by atoms with van der Waals surface area (Å²) in [6.07, 6.45) is 1.66. The van der Waals surface area contributed by atoms with Gasteiger partial charge in [-0.3, -0.25) is 9.59 Å². The zero-order chi connectivity index (χ0) is 20.1. The summed E-state index contributed by atoms with van der Waals surface area (Å²) < 4.78 is 16.2. The third kappa shape index (κ3) is 4.50. The maximum Gasteiger partial charge on any atom is 0.258 e. The topological polar surface area (TPSA) is 94.1 Å². The van der Waals surface area contributed by atoms with E-state index < -0.39 is 0 Å². The number of fused-ring (bicyclic) bond motifs is 1. The van der Waals surface area contributed by atoms with Gasteiger partial charge < -0.3 is 24.6 Å². The molecule has 2 N–H and O–H groups in total. The van der Waals surface area contributed by atoms with Crippen LogP contribution in [-0.2, 0) is 4.79 Å². The monoisotopic (exact) mass is 383 g/mol. The fraction of sp³-hybridized carbons (Fsp3) is 0.238. The van der Waals surface area contributed by atoms with Gasteiger partial charge in [0.25, 0.3) is 5.91 Å². The molecular weight excluding hydrogens is 362 g/mol. The van der Waals surface area contributed by atoms with Crippen molar-refractivity contribution in [2.45, 2.75) is 13.0 Å². The van der Waals surface area contributed by atoms with Crippen molar-refractivity contribution in [2.24, 2.45) is 0 Å². The smallest absolute Gasteiger partial charge is 0.258 e. The van der Waals surface area contributed by atoms with E-state index in [1.54, 1.807) is 50.4 Å². The number of carbonyl (C=O) groups excluding carboxylic acids is 2. The Hall–Kier alpha value is -3.32. The number of aliphatic hydroxyl groups excluding tert-OH is 1. The van der Waals surface area contributed by atoms with Gasteiger partial charge in [0.1, 0.15) is 17.2 Å². The van der Waals surface area contributed by atoms with Crippen molar-refractivity contribution >= 4 is 17.8 Å². The van der Waals surface area contributed by atoms with Crippen LogP contribution >= 0.6 is 0 Å². The van der Waals surface area contributed by atoms with Gasteiger partial charge in [-0.1, -0.05) is 12.1 Å². The van der Waals surface area contributed by atoms with Gasteiger partial charge >= 0.3 is 0 Å². The number of amides is 1. The average Bonchev–Trinajstić information content (AvgIpc) is 3.01. The first-order valence-electron chi connectivity index (χ1n) is 8.75. The minimum atomic E-state index is -0.348. The van der Waals surface area contributed by atoms with Crippen LogP contribution in [0.15, 0.2) is 48.2 Å². The lowest BCUT2D eigenvalue weighted by molar-refractivity contribution is -0.124. The molecule has 3 rings (SSSR count). The minimum Gasteiger partial charge on any atom is -0.497 e. The number of Topliss-reactive ketones (excluding diaryl/α,β-unsaturated/α-hetero) is 1. The number of methoxy groups -OCH3 is 1. The average molecular weight is 383 g/mol. The second-order valence-corrected chi connectivity index (χ2v) is 6.31. The number of carbonyl (C=O) groups is 2. The molecule has 0 aliphatic carbocycles. The summed E-state index contributed by atoms with van der Waals surface area (Å²) in [4.78, 5) is 24.2. The van der Waals surface area contributed by atoms with Crippen molar-refractivity contribution in [3.63, 3.8) is 0 Å². The van der Waals surface area contributed by atoms with E-state index in [1.807, 2.05) is 12.1 Å². The molecule has 1 amide bonds. The number of allylic oxidation sites excluding steroid dienone is 1. The molecule has 0 fully saturated rings. The summed E-state index contributed by atoms with van der Waals surface area (Å²) in [5, 5.41) is 11.5. The largest absolute Gasteiger partial charge is 0.497 e. The molecule has 1 heterocycles. The number of hydrogen-bond acceptors (Lipinski definition) is 6. The SMILES string of the molecule is COc1ccc(/C=C2\Oc3cc(OCC(=O)N[C@@H](C)CO)ccc3C2=O)cc1. The van der Waals surface area contributed by atoms with Crippen LogP contribution in [0.3, 0.4) is 0 Å². The molecular formula is C21H21NO6. The highest BCUT2D eigenvalue weighted by Gasteiger charge is 2.27. The summed E-state index contributed by atoms with van der Waals surface area (Å²) in [5.74, 6) is 1.16. The molecule has 7 nitrogen and oxygen atoms in total. The third-order valence-electron chi connectivity index (χ3n) is 4.11. The van der Waals surface area contributed by atoms with E-state index in [2.05, 4.69) is 5.32 Å². The zero-order valence-electron chi connectivity index (χ0n) is 15.6. The molecule has 1 atom stereocenters. The summed E-state index contributed by atoms with van der Waals surface area (Å²) >= 11 is 0. The number of rotatable bonds is 7. The fourth-order valence-electron chi connectivity index (χ4n) is 2.62. The predicted molar refractivity (Wildman–Crippen MR) is 103 cm³/mol. The van der Waals surface area contributed by atoms with Crippen molar-refractivity contribution in [3.8, 4) is 17.2 Å². The van der Waals surface area contributed by atoms with Gasteiger partial charge in [0.15, 0.2) is 12.4 Å². The molecule has 0 spiro atoms. The Kier molecular flexibility index (Phi) is 5.96. The van der Waals surface area contributed by atoms with E-state index in [4.69, 9.17) is 19.3 Å². The van der Waals surface area contributed by atoms with Gasteiger partial charge in [-0.25, -0.2) is 0 Å². The van der Waals surface area contributed by atoms with E-state index in [9.17, 15) is 9.59 Å². The molecule has 0 aromatic heterocycles. The lowest BCUT2D eigenvalue weighted by Crippen LogP contribution is -2.38. The van der Waals surface area contributed by atoms with Gasteiger partial charge in [-0.2, -0.15) is 0 Å². The molecule has 0 radical (unpaired) electrons. The molecule has 2 aromatic rings. The van der Waals surface area contributed by atoms with Crippen molar-refractivity contribution in [2.75, 3.05) is 20.3 Å². The van der Waals surface area contributed by atoms with E-state index in [1.165, 1.54) is 0 Å². The highest BCUT2D eigenvalue weighted by atomic mass is 16.5. The number of hydrogen-bond donors (Lipinski definition) is 2. The van der Waals surface area contributed by atoms with Gasteiger partial charge in [-0.15, -0.1) is 0 Å². The lowest BCUT2D eigenvalue weighted by atomic mass is 10.1. The fourth-order valence-corrected chi connectivity index (χ4v) is 2.62. The normalized spacial score (nSPS) is 15.0. The van der Waals surface area contributed by atoms with Crippen molar-refractivity contribution < 1.29 is 28.9 Å². The summed E-state index contributed by atoms with van der Waals surface area (Å²) in [7, 11) is 1.59. The van der Waals surface area contributed by atoms with E-state index in [0.717, 1.165) is 11.3 Å². The van der Waals surface area contributed by atoms with Crippen LogP contribution in [-0.4, -0.2) is 43.2 Å². The Labute approximate surface area is 162 Å². The molecule has 28 heavy (non-hydrogen) atoms. The molecule has 146 valence electrons. The van der Waals surface area contributed by atoms with Crippen LogP contribution < -0.4 is 19.5 Å². The Morgan fingerprint density at radius 2 is 1.93 bits per heavy atom. The van der Waals surface area contributed by atoms with Crippen molar-refractivity contribution in [3.05, 3.63) is 59.4 Å². The van der Waals surface area contributed by atoms with Crippen molar-refractivity contribution in [1.29, 1.82) is 0 Å². The predicted octanol–water partition coefficient (Wildman–Crippen LogP) is 2.19. The standard InChI is InChI=1S/C21H21NO6/c1-13(11-23)22-20(24)12-27-16-7-8-17-18(10-16)28-19(21(17)25)9-14-3-5-15(26-2)6-4-14/h3-10,13,23H,11-12H2,1-2H3,(H,22,24)/b19-9-/t13-/m0/s1. The molecule has 1 aliphatic heterocycles. The Morgan fingerprint density at radius 1 is 1.21 bits per heavy atom. The van der Waals surface area contributed by atoms with Gasteiger partial charge in [0.2, 0.25) is 5.78 Å².